The second-order valence-electron chi connectivity index (χ2n) is 4.78. The lowest BCUT2D eigenvalue weighted by molar-refractivity contribution is -0.123. The molecule has 0 spiro atoms. The molecule has 2 atom stereocenters. The second-order valence-corrected chi connectivity index (χ2v) is 5.66. The lowest BCUT2D eigenvalue weighted by atomic mass is 10.0. The van der Waals surface area contributed by atoms with Crippen molar-refractivity contribution < 1.29 is 9.53 Å². The van der Waals surface area contributed by atoms with E-state index in [-0.39, 0.29) is 42.9 Å². The molecule has 1 saturated heterocycles. The number of amides is 1. The van der Waals surface area contributed by atoms with Gasteiger partial charge in [0.15, 0.2) is 0 Å². The number of carbonyl (C=O) groups is 1. The largest absolute Gasteiger partial charge is 0.375 e. The molecular formula is C13H23Cl2N3O2S. The maximum atomic E-state index is 11.9. The van der Waals surface area contributed by atoms with Crippen molar-refractivity contribution in [3.8, 4) is 0 Å². The van der Waals surface area contributed by atoms with Gasteiger partial charge in [-0.25, -0.2) is 4.98 Å². The zero-order valence-corrected chi connectivity index (χ0v) is 14.7. The van der Waals surface area contributed by atoms with Gasteiger partial charge in [-0.15, -0.1) is 36.2 Å². The summed E-state index contributed by atoms with van der Waals surface area (Å²) in [7, 11) is 1.67. The van der Waals surface area contributed by atoms with E-state index in [9.17, 15) is 4.79 Å². The second kappa shape index (κ2) is 10.3. The third-order valence-electron chi connectivity index (χ3n) is 3.34. The standard InChI is InChI=1S/C13H21N3O2S.2ClH/c1-9(18-2)13-16-10(8-19-13)7-15-12(17)11-5-3-4-6-14-11;;/h8-9,11,14H,3-7H2,1-2H3,(H,15,17);2*1H/t9?,11-;;/m1../s1. The molecule has 0 bridgehead atoms. The Morgan fingerprint density at radius 2 is 2.33 bits per heavy atom. The molecule has 2 N–H and O–H groups in total. The summed E-state index contributed by atoms with van der Waals surface area (Å²) in [5.74, 6) is 0.0778. The zero-order valence-electron chi connectivity index (χ0n) is 12.3. The third kappa shape index (κ3) is 6.08. The molecule has 2 heterocycles. The fourth-order valence-corrected chi connectivity index (χ4v) is 2.92. The van der Waals surface area contributed by atoms with Gasteiger partial charge in [-0.2, -0.15) is 0 Å². The van der Waals surface area contributed by atoms with Gasteiger partial charge in [0.2, 0.25) is 5.91 Å². The van der Waals surface area contributed by atoms with Crippen molar-refractivity contribution in [3.63, 3.8) is 0 Å². The zero-order chi connectivity index (χ0) is 13.7. The average molecular weight is 356 g/mol. The lowest BCUT2D eigenvalue weighted by Gasteiger charge is -2.22. The SMILES string of the molecule is COC(C)c1nc(CNC(=O)[C@H]2CCCCN2)cs1.Cl.Cl. The van der Waals surface area contributed by atoms with Gasteiger partial charge in [0, 0.05) is 12.5 Å². The summed E-state index contributed by atoms with van der Waals surface area (Å²) in [4.78, 5) is 16.4. The van der Waals surface area contributed by atoms with Crippen molar-refractivity contribution in [3.05, 3.63) is 16.1 Å². The number of piperidine rings is 1. The van der Waals surface area contributed by atoms with Crippen molar-refractivity contribution >= 4 is 42.1 Å². The number of methoxy groups -OCH3 is 1. The van der Waals surface area contributed by atoms with Crippen LogP contribution in [0.25, 0.3) is 0 Å². The lowest BCUT2D eigenvalue weighted by Crippen LogP contribution is -2.46. The van der Waals surface area contributed by atoms with Crippen LogP contribution in [0.5, 0.6) is 0 Å². The Morgan fingerprint density at radius 1 is 1.57 bits per heavy atom. The Morgan fingerprint density at radius 3 is 2.95 bits per heavy atom. The van der Waals surface area contributed by atoms with Gasteiger partial charge < -0.3 is 15.4 Å². The number of hydrogen-bond donors (Lipinski definition) is 2. The number of carbonyl (C=O) groups excluding carboxylic acids is 1. The van der Waals surface area contributed by atoms with Gasteiger partial charge in [-0.05, 0) is 26.3 Å². The van der Waals surface area contributed by atoms with Crippen LogP contribution in [0.1, 0.15) is 43.0 Å². The van der Waals surface area contributed by atoms with E-state index in [0.717, 1.165) is 36.5 Å². The Balaban J connectivity index is 0.00000200. The molecule has 5 nitrogen and oxygen atoms in total. The Hall–Kier alpha value is -0.400. The van der Waals surface area contributed by atoms with Crippen LogP contribution in [0.3, 0.4) is 0 Å². The molecule has 1 aromatic heterocycles. The Kier molecular flexibility index (Phi) is 10.1. The van der Waals surface area contributed by atoms with E-state index in [2.05, 4.69) is 15.6 Å². The number of thiazole rings is 1. The maximum Gasteiger partial charge on any atom is 0.237 e. The van der Waals surface area contributed by atoms with Crippen molar-refractivity contribution in [2.24, 2.45) is 0 Å². The first kappa shape index (κ1) is 20.6. The number of hydrogen-bond acceptors (Lipinski definition) is 5. The minimum atomic E-state index is -0.0373. The Labute approximate surface area is 142 Å². The molecule has 1 aliphatic heterocycles. The molecule has 1 amide bonds. The number of nitrogens with zero attached hydrogens (tertiary/aromatic N) is 1. The molecule has 122 valence electrons. The van der Waals surface area contributed by atoms with Crippen molar-refractivity contribution in [1.82, 2.24) is 15.6 Å². The van der Waals surface area contributed by atoms with E-state index >= 15 is 0 Å². The van der Waals surface area contributed by atoms with Crippen LogP contribution < -0.4 is 10.6 Å². The highest BCUT2D eigenvalue weighted by molar-refractivity contribution is 7.09. The van der Waals surface area contributed by atoms with Crippen LogP contribution in [0.2, 0.25) is 0 Å². The molecule has 0 saturated carbocycles. The van der Waals surface area contributed by atoms with Crippen LogP contribution in [0, 0.1) is 0 Å². The molecule has 0 radical (unpaired) electrons. The smallest absolute Gasteiger partial charge is 0.237 e. The normalized spacial score (nSPS) is 19.0. The fraction of sp³-hybridized carbons (Fsp3) is 0.692. The highest BCUT2D eigenvalue weighted by Gasteiger charge is 2.20. The third-order valence-corrected chi connectivity index (χ3v) is 4.40. The number of rotatable bonds is 5. The molecule has 2 rings (SSSR count). The summed E-state index contributed by atoms with van der Waals surface area (Å²) in [6, 6.07) is -0.0373. The summed E-state index contributed by atoms with van der Waals surface area (Å²) in [6.07, 6.45) is 3.22. The van der Waals surface area contributed by atoms with E-state index in [0.29, 0.717) is 6.54 Å². The molecular weight excluding hydrogens is 333 g/mol. The van der Waals surface area contributed by atoms with E-state index in [1.54, 1.807) is 18.4 Å². The number of nitrogens with one attached hydrogen (secondary N) is 2. The summed E-state index contributed by atoms with van der Waals surface area (Å²) in [5.41, 5.74) is 0.896. The van der Waals surface area contributed by atoms with E-state index in [4.69, 9.17) is 4.74 Å². The first-order chi connectivity index (χ1) is 9.20. The average Bonchev–Trinajstić information content (AvgIpc) is 2.93. The van der Waals surface area contributed by atoms with Gasteiger partial charge in [0.25, 0.3) is 0 Å². The first-order valence-electron chi connectivity index (χ1n) is 6.69. The van der Waals surface area contributed by atoms with Crippen molar-refractivity contribution in [2.45, 2.75) is 44.9 Å². The number of aromatic nitrogens is 1. The molecule has 0 aliphatic carbocycles. The predicted molar refractivity (Wildman–Crippen MR) is 89.5 cm³/mol. The summed E-state index contributed by atoms with van der Waals surface area (Å²) in [6.45, 7) is 3.39. The van der Waals surface area contributed by atoms with E-state index in [1.807, 2.05) is 12.3 Å². The van der Waals surface area contributed by atoms with Gasteiger partial charge >= 0.3 is 0 Å². The van der Waals surface area contributed by atoms with Crippen LogP contribution >= 0.6 is 36.2 Å². The molecule has 0 aromatic carbocycles. The molecule has 1 aromatic rings. The van der Waals surface area contributed by atoms with Crippen LogP contribution in [0.15, 0.2) is 5.38 Å². The van der Waals surface area contributed by atoms with E-state index in [1.165, 1.54) is 0 Å². The Bertz CT molecular complexity index is 425. The van der Waals surface area contributed by atoms with Crippen molar-refractivity contribution in [1.29, 1.82) is 0 Å². The minimum Gasteiger partial charge on any atom is -0.375 e. The maximum absolute atomic E-state index is 11.9. The van der Waals surface area contributed by atoms with Gasteiger partial charge in [-0.3, -0.25) is 4.79 Å². The highest BCUT2D eigenvalue weighted by Crippen LogP contribution is 2.20. The first-order valence-corrected chi connectivity index (χ1v) is 7.57. The van der Waals surface area contributed by atoms with Gasteiger partial charge in [-0.1, -0.05) is 6.42 Å². The topological polar surface area (TPSA) is 63.2 Å². The number of ether oxygens (including phenoxy) is 1. The fourth-order valence-electron chi connectivity index (χ4n) is 2.07. The summed E-state index contributed by atoms with van der Waals surface area (Å²) < 4.78 is 5.22. The predicted octanol–water partition coefficient (Wildman–Crippen LogP) is 2.45. The van der Waals surface area contributed by atoms with Crippen molar-refractivity contribution in [2.75, 3.05) is 13.7 Å². The van der Waals surface area contributed by atoms with Crippen LogP contribution in [-0.4, -0.2) is 30.6 Å². The van der Waals surface area contributed by atoms with E-state index < -0.39 is 0 Å². The molecule has 1 aliphatic rings. The quantitative estimate of drug-likeness (QED) is 0.851. The van der Waals surface area contributed by atoms with Gasteiger partial charge in [0.05, 0.1) is 18.3 Å². The van der Waals surface area contributed by atoms with Crippen LogP contribution in [0.4, 0.5) is 0 Å². The molecule has 8 heteroatoms. The minimum absolute atomic E-state index is 0. The van der Waals surface area contributed by atoms with Crippen LogP contribution in [-0.2, 0) is 16.1 Å². The van der Waals surface area contributed by atoms with Gasteiger partial charge in [0.1, 0.15) is 11.1 Å². The molecule has 21 heavy (non-hydrogen) atoms. The molecule has 1 unspecified atom stereocenters. The molecule has 1 fully saturated rings. The highest BCUT2D eigenvalue weighted by atomic mass is 35.5. The summed E-state index contributed by atoms with van der Waals surface area (Å²) >= 11 is 1.57. The number of halogens is 2. The summed E-state index contributed by atoms with van der Waals surface area (Å²) in [5, 5.41) is 9.10. The monoisotopic (exact) mass is 355 g/mol.